The summed E-state index contributed by atoms with van der Waals surface area (Å²) in [4.78, 5) is 76.6. The summed E-state index contributed by atoms with van der Waals surface area (Å²) in [7, 11) is -3.88. The summed E-state index contributed by atoms with van der Waals surface area (Å²) < 4.78 is 27.3. The molecule has 0 bridgehead atoms. The zero-order valence-electron chi connectivity index (χ0n) is 31.7. The van der Waals surface area contributed by atoms with Gasteiger partial charge in [0.25, 0.3) is 0 Å². The lowest BCUT2D eigenvalue weighted by atomic mass is 9.92. The summed E-state index contributed by atoms with van der Waals surface area (Å²) in [5, 5.41) is 8.74. The van der Waals surface area contributed by atoms with Crippen LogP contribution in [0.1, 0.15) is 74.4 Å². The molecule has 3 heterocycles. The molecular formula is C41H55N6O9P. The van der Waals surface area contributed by atoms with E-state index in [4.69, 9.17) is 17.6 Å². The predicted molar refractivity (Wildman–Crippen MR) is 217 cm³/mol. The van der Waals surface area contributed by atoms with Gasteiger partial charge in [-0.3, -0.25) is 19.2 Å². The smallest absolute Gasteiger partial charge is 0.478 e. The van der Waals surface area contributed by atoms with Crippen molar-refractivity contribution in [1.29, 1.82) is 0 Å². The van der Waals surface area contributed by atoms with Crippen LogP contribution in [-0.4, -0.2) is 74.8 Å². The minimum atomic E-state index is -3.88. The molecule has 2 aromatic carbocycles. The number of nitrogens with one attached hydrogen (secondary N) is 4. The number of carbonyl (C=O) groups is 5. The Labute approximate surface area is 337 Å². The van der Waals surface area contributed by atoms with E-state index in [2.05, 4.69) is 35.0 Å². The van der Waals surface area contributed by atoms with Crippen LogP contribution in [0.3, 0.4) is 0 Å². The molecule has 308 valence electrons. The van der Waals surface area contributed by atoms with Crippen molar-refractivity contribution < 1.29 is 48.0 Å². The number of aromatic nitrogens is 2. The summed E-state index contributed by atoms with van der Waals surface area (Å²) in [6, 6.07) is 13.0. The van der Waals surface area contributed by atoms with Crippen LogP contribution in [0.25, 0.3) is 0 Å². The topological polar surface area (TPSA) is 198 Å². The van der Waals surface area contributed by atoms with Crippen molar-refractivity contribution in [2.45, 2.75) is 95.4 Å². The van der Waals surface area contributed by atoms with Gasteiger partial charge in [-0.25, -0.2) is 9.55 Å². The third-order valence-corrected chi connectivity index (χ3v) is 11.2. The van der Waals surface area contributed by atoms with Crippen molar-refractivity contribution in [3.05, 3.63) is 83.9 Å². The number of carbonyl (C=O) groups excluding carboxylic acids is 5. The second kappa shape index (κ2) is 20.2. The van der Waals surface area contributed by atoms with Gasteiger partial charge in [-0.15, -0.1) is 0 Å². The van der Waals surface area contributed by atoms with Gasteiger partial charge in [0.15, 0.2) is 0 Å². The molecule has 1 unspecified atom stereocenters. The first-order valence-corrected chi connectivity index (χ1v) is 20.5. The van der Waals surface area contributed by atoms with Crippen LogP contribution in [0.15, 0.2) is 67.1 Å². The largest absolute Gasteiger partial charge is 0.484 e. The number of Topliss-reactive ketones (excluding diaryl/α,β-unsaturated/α-hetero) is 1. The summed E-state index contributed by atoms with van der Waals surface area (Å²) in [6.45, 7) is 1.67. The highest BCUT2D eigenvalue weighted by Crippen LogP contribution is 2.47. The normalized spacial score (nSPS) is 18.9. The summed E-state index contributed by atoms with van der Waals surface area (Å²) in [6.07, 6.45) is 20.1. The van der Waals surface area contributed by atoms with Crippen LogP contribution in [0, 0.1) is 31.0 Å². The molecular weight excluding hydrogens is 751 g/mol. The molecule has 1 aromatic heterocycles. The number of fused-ring (bicyclic) bond motifs is 1. The first-order valence-electron chi connectivity index (χ1n) is 18.8. The number of aromatic amines is 1. The Morgan fingerprint density at radius 3 is 2.35 bits per heavy atom. The number of ketones is 1. The van der Waals surface area contributed by atoms with E-state index in [0.29, 0.717) is 49.1 Å². The van der Waals surface area contributed by atoms with E-state index in [1.54, 1.807) is 47.6 Å². The van der Waals surface area contributed by atoms with E-state index in [9.17, 15) is 28.5 Å². The predicted octanol–water partition coefficient (Wildman–Crippen LogP) is 4.74. The Hall–Kier alpha value is -6.05. The van der Waals surface area contributed by atoms with Gasteiger partial charge in [0.2, 0.25) is 30.0 Å². The molecule has 2 fully saturated rings. The number of ether oxygens (including phenoxy) is 1. The fourth-order valence-corrected chi connectivity index (χ4v) is 7.98. The monoisotopic (exact) mass is 806 g/mol. The molecule has 5 atom stereocenters. The Bertz CT molecular complexity index is 2000. The number of amides is 4. The lowest BCUT2D eigenvalue weighted by Crippen LogP contribution is -2.59. The fourth-order valence-electron chi connectivity index (χ4n) is 7.21. The maximum absolute atomic E-state index is 14.3. The summed E-state index contributed by atoms with van der Waals surface area (Å²) in [5.74, 6) is -2.37. The van der Waals surface area contributed by atoms with Crippen LogP contribution in [0.2, 0.25) is 0 Å². The number of rotatable bonds is 18. The quantitative estimate of drug-likeness (QED) is 0.103. The van der Waals surface area contributed by atoms with E-state index >= 15 is 0 Å². The van der Waals surface area contributed by atoms with Crippen LogP contribution in [0.5, 0.6) is 5.75 Å². The van der Waals surface area contributed by atoms with Gasteiger partial charge in [0.1, 0.15) is 41.9 Å². The Morgan fingerprint density at radius 2 is 1.68 bits per heavy atom. The number of terminal acetylenes is 2. The molecule has 0 saturated carbocycles. The fraction of sp³-hybridized carbons (Fsp3) is 0.415. The maximum atomic E-state index is 14.3. The van der Waals surface area contributed by atoms with Gasteiger partial charge in [0.05, 0.1) is 6.33 Å². The molecule has 4 amide bonds. The van der Waals surface area contributed by atoms with Crippen molar-refractivity contribution in [3.8, 4) is 30.8 Å². The second-order valence-corrected chi connectivity index (χ2v) is 16.0. The minimum absolute atomic E-state index is 0. The molecule has 0 aliphatic carbocycles. The highest BCUT2D eigenvalue weighted by molar-refractivity contribution is 7.53. The van der Waals surface area contributed by atoms with Gasteiger partial charge in [0, 0.05) is 48.9 Å². The Kier molecular flexibility index (Phi) is 14.9. The van der Waals surface area contributed by atoms with Crippen LogP contribution >= 0.6 is 7.60 Å². The standard InChI is InChI=1S/C41H47N6O9P.4H2/c1-4-55-57(53,56-5-2)27-54-34-18-15-29(16-19-34)22-31(21-28(3)48)38(49)45-35-14-10-9-13-33-17-20-37(47(33)41(35)52)40(51)46-36(23-32-25-42-26-44-32)39(50)43-24-30-11-7-6-8-12-30;;;;/h1-2,6-8,11-12,15-16,18-19,25-26,31,33,35-37H,9-10,13-14,17,20-24,27H2,3H3,(H,42,44)(H,43,50)(H,45,49)(H,46,51);4*1H/t31-,33?,35-,36-,37-;;;;/m0..../s1. The summed E-state index contributed by atoms with van der Waals surface area (Å²) in [5.41, 5.74) is 2.26. The zero-order valence-corrected chi connectivity index (χ0v) is 32.6. The van der Waals surface area contributed by atoms with Gasteiger partial charge in [-0.2, -0.15) is 0 Å². The van der Waals surface area contributed by atoms with Crippen molar-refractivity contribution >= 4 is 37.0 Å². The SMILES string of the molecule is C#COP(=O)(COc1ccc(C[C@H](CC(C)=O)C(=O)N[C@H]2CCCCC3CC[C@@H](C(=O)N[C@@H](Cc4cnc[nH]4)C(=O)NCc4ccccc4)N3C2=O)cc1)OC#C.[HH].[HH].[HH].[HH]. The van der Waals surface area contributed by atoms with Crippen LogP contribution in [0.4, 0.5) is 0 Å². The third kappa shape index (κ3) is 12.0. The average Bonchev–Trinajstić information content (AvgIpc) is 3.87. The molecule has 2 saturated heterocycles. The number of imidazole rings is 1. The molecule has 0 radical (unpaired) electrons. The molecule has 16 heteroatoms. The number of H-pyrrole nitrogens is 1. The second-order valence-electron chi connectivity index (χ2n) is 14.1. The Balaban J connectivity index is 0.00000465. The number of hydrogen-bond donors (Lipinski definition) is 4. The van der Waals surface area contributed by atoms with Gasteiger partial charge in [-0.05, 0) is 62.3 Å². The van der Waals surface area contributed by atoms with Crippen LogP contribution < -0.4 is 20.7 Å². The van der Waals surface area contributed by atoms with E-state index in [-0.39, 0.29) is 55.2 Å². The Morgan fingerprint density at radius 1 is 0.965 bits per heavy atom. The molecule has 5 rings (SSSR count). The zero-order chi connectivity index (χ0) is 40.8. The highest BCUT2D eigenvalue weighted by atomic mass is 31.2. The number of benzene rings is 2. The molecule has 4 N–H and O–H groups in total. The summed E-state index contributed by atoms with van der Waals surface area (Å²) >= 11 is 0. The minimum Gasteiger partial charge on any atom is -0.478 e. The number of nitrogens with zero attached hydrogens (tertiary/aromatic N) is 2. The van der Waals surface area contributed by atoms with E-state index in [1.807, 2.05) is 30.3 Å². The molecule has 0 spiro atoms. The first kappa shape index (κ1) is 42.1. The van der Waals surface area contributed by atoms with Crippen molar-refractivity contribution in [2.24, 2.45) is 5.92 Å². The molecule has 3 aromatic rings. The lowest BCUT2D eigenvalue weighted by molar-refractivity contribution is -0.145. The highest BCUT2D eigenvalue weighted by Gasteiger charge is 2.45. The van der Waals surface area contributed by atoms with Crippen molar-refractivity contribution in [3.63, 3.8) is 0 Å². The molecule has 57 heavy (non-hydrogen) atoms. The van der Waals surface area contributed by atoms with E-state index in [0.717, 1.165) is 12.0 Å². The molecule has 2 aliphatic rings. The van der Waals surface area contributed by atoms with Gasteiger partial charge < -0.3 is 44.4 Å². The third-order valence-electron chi connectivity index (χ3n) is 9.96. The van der Waals surface area contributed by atoms with Gasteiger partial charge >= 0.3 is 7.60 Å². The van der Waals surface area contributed by atoms with Crippen molar-refractivity contribution in [2.75, 3.05) is 6.35 Å². The van der Waals surface area contributed by atoms with Crippen LogP contribution in [-0.2, 0) is 57.0 Å². The van der Waals surface area contributed by atoms with E-state index < -0.39 is 49.8 Å². The molecule has 2 aliphatic heterocycles. The maximum Gasteiger partial charge on any atom is 0.484 e. The average molecular weight is 807 g/mol. The lowest BCUT2D eigenvalue weighted by Gasteiger charge is -2.36. The van der Waals surface area contributed by atoms with E-state index in [1.165, 1.54) is 13.3 Å². The van der Waals surface area contributed by atoms with Crippen molar-refractivity contribution in [1.82, 2.24) is 30.8 Å². The molecule has 15 nitrogen and oxygen atoms in total. The van der Waals surface area contributed by atoms with Gasteiger partial charge in [-0.1, -0.05) is 68.2 Å². The first-order chi connectivity index (χ1) is 27.5. The number of hydrogen-bond acceptors (Lipinski definition) is 10.